The molecule has 14 heteroatoms. The predicted octanol–water partition coefficient (Wildman–Crippen LogP) is 6.48. The van der Waals surface area contributed by atoms with Crippen LogP contribution in [0.3, 0.4) is 0 Å². The summed E-state index contributed by atoms with van der Waals surface area (Å²) in [4.78, 5) is 47.8. The van der Waals surface area contributed by atoms with Gasteiger partial charge in [-0.05, 0) is 62.9 Å². The molecule has 12 nitrogen and oxygen atoms in total. The Morgan fingerprint density at radius 3 is 2.37 bits per heavy atom. The van der Waals surface area contributed by atoms with Gasteiger partial charge >= 0.3 is 6.09 Å². The van der Waals surface area contributed by atoms with Crippen molar-refractivity contribution in [3.63, 3.8) is 0 Å². The molecule has 1 unspecified atom stereocenters. The maximum Gasteiger partial charge on any atom is 0.407 e. The van der Waals surface area contributed by atoms with Gasteiger partial charge in [-0.1, -0.05) is 59.6 Å². The molecule has 0 spiro atoms. The lowest BCUT2D eigenvalue weighted by Gasteiger charge is -2.41. The van der Waals surface area contributed by atoms with Crippen molar-refractivity contribution in [1.82, 2.24) is 29.9 Å². The van der Waals surface area contributed by atoms with Crippen molar-refractivity contribution in [2.24, 2.45) is 0 Å². The molecule has 1 atom stereocenters. The Bertz CT molecular complexity index is 2340. The van der Waals surface area contributed by atoms with Crippen molar-refractivity contribution < 1.29 is 24.5 Å². The first-order valence-corrected chi connectivity index (χ1v) is 18.4. The fourth-order valence-corrected chi connectivity index (χ4v) is 8.07. The normalized spacial score (nSPS) is 19.4. The van der Waals surface area contributed by atoms with E-state index in [0.29, 0.717) is 87.1 Å². The van der Waals surface area contributed by atoms with Crippen molar-refractivity contribution in [3.05, 3.63) is 104 Å². The number of hydrogen-bond donors (Lipinski definition) is 4. The number of aliphatic hydroxyl groups is 1. The molecule has 2 fully saturated rings. The molecule has 4 N–H and O–H groups in total. The molecule has 2 aliphatic rings. The number of nitrogens with zero attached hydrogens (tertiary/aromatic N) is 4. The molecule has 1 saturated heterocycles. The second-order valence-corrected chi connectivity index (χ2v) is 15.1. The van der Waals surface area contributed by atoms with E-state index in [1.54, 1.807) is 22.7 Å². The molecule has 2 aromatic carbocycles. The minimum atomic E-state index is -1.11. The summed E-state index contributed by atoms with van der Waals surface area (Å²) in [6.45, 7) is 4.21. The minimum Gasteiger partial charge on any atom is -0.481 e. The van der Waals surface area contributed by atoms with Gasteiger partial charge in [-0.2, -0.15) is 0 Å². The fourth-order valence-electron chi connectivity index (χ4n) is 7.41. The maximum atomic E-state index is 13.5. The Hall–Kier alpha value is -5.01. The van der Waals surface area contributed by atoms with Gasteiger partial charge in [0.15, 0.2) is 0 Å². The molecule has 3 aromatic heterocycles. The predicted molar refractivity (Wildman–Crippen MR) is 207 cm³/mol. The lowest BCUT2D eigenvalue weighted by atomic mass is 9.77. The number of halogens is 2. The number of ether oxygens (including phenoxy) is 1. The summed E-state index contributed by atoms with van der Waals surface area (Å²) in [5, 5.41) is 27.0. The van der Waals surface area contributed by atoms with Gasteiger partial charge in [0.2, 0.25) is 11.8 Å². The van der Waals surface area contributed by atoms with Crippen LogP contribution in [-0.4, -0.2) is 72.8 Å². The highest BCUT2D eigenvalue weighted by atomic mass is 35.5. The lowest BCUT2D eigenvalue weighted by molar-refractivity contribution is -0.119. The Morgan fingerprint density at radius 1 is 1.04 bits per heavy atom. The number of carboxylic acid groups (broad SMARTS) is 1. The monoisotopic (exact) mass is 770 g/mol. The molecule has 280 valence electrons. The molecule has 1 saturated carbocycles. The number of carbonyl (C=O) groups excluding carboxylic acids is 1. The van der Waals surface area contributed by atoms with Gasteiger partial charge in [0.1, 0.15) is 5.65 Å². The molecule has 54 heavy (non-hydrogen) atoms. The summed E-state index contributed by atoms with van der Waals surface area (Å²) < 4.78 is 7.19. The van der Waals surface area contributed by atoms with E-state index >= 15 is 0 Å². The van der Waals surface area contributed by atoms with Gasteiger partial charge in [-0.25, -0.2) is 14.8 Å². The van der Waals surface area contributed by atoms with Crippen molar-refractivity contribution in [1.29, 1.82) is 0 Å². The Labute approximate surface area is 321 Å². The molecule has 7 rings (SSSR count). The second kappa shape index (κ2) is 15.0. The van der Waals surface area contributed by atoms with Gasteiger partial charge in [0.05, 0.1) is 40.6 Å². The van der Waals surface area contributed by atoms with Crippen molar-refractivity contribution >= 4 is 40.8 Å². The third kappa shape index (κ3) is 7.52. The van der Waals surface area contributed by atoms with Crippen LogP contribution in [0.15, 0.2) is 71.7 Å². The smallest absolute Gasteiger partial charge is 0.407 e. The molecule has 4 heterocycles. The van der Waals surface area contributed by atoms with Crippen LogP contribution >= 0.6 is 23.2 Å². The quantitative estimate of drug-likeness (QED) is 0.118. The summed E-state index contributed by atoms with van der Waals surface area (Å²) >= 11 is 14.2. The number of aromatic nitrogens is 3. The molecule has 1 aliphatic carbocycles. The molecular weight excluding hydrogens is 731 g/mol. The zero-order valence-corrected chi connectivity index (χ0v) is 31.5. The lowest BCUT2D eigenvalue weighted by Crippen LogP contribution is -2.51. The first kappa shape index (κ1) is 37.3. The molecule has 0 radical (unpaired) electrons. The van der Waals surface area contributed by atoms with E-state index in [9.17, 15) is 24.6 Å². The Morgan fingerprint density at radius 2 is 1.72 bits per heavy atom. The van der Waals surface area contributed by atoms with Crippen molar-refractivity contribution in [3.8, 4) is 39.4 Å². The average molecular weight is 772 g/mol. The van der Waals surface area contributed by atoms with Crippen LogP contribution in [0.25, 0.3) is 39.2 Å². The SMILES string of the molecule is COc1nc(-c2cccc(-c3cccc(-c4cc(C)n5c(=O)c(CNC6CC(C)(O)C6)cnc5c4)c3Cl)c2Cl)ccc1CN(CC1CCC(=O)N1)C(=O)O. The molecule has 2 amide bonds. The number of carbonyl (C=O) groups is 2. The fraction of sp³-hybridized carbons (Fsp3) is 0.325. The zero-order valence-electron chi connectivity index (χ0n) is 30.0. The second-order valence-electron chi connectivity index (χ2n) is 14.3. The van der Waals surface area contributed by atoms with E-state index < -0.39 is 11.7 Å². The van der Waals surface area contributed by atoms with Gasteiger partial charge < -0.3 is 30.5 Å². The average Bonchev–Trinajstić information content (AvgIpc) is 3.54. The van der Waals surface area contributed by atoms with Gasteiger partial charge in [-0.3, -0.25) is 14.0 Å². The number of amides is 2. The van der Waals surface area contributed by atoms with E-state index in [2.05, 4.69) is 15.6 Å². The minimum absolute atomic E-state index is 0.0243. The number of rotatable bonds is 11. The summed E-state index contributed by atoms with van der Waals surface area (Å²) in [6, 6.07) is 18.5. The highest BCUT2D eigenvalue weighted by molar-refractivity contribution is 6.39. The van der Waals surface area contributed by atoms with Crippen LogP contribution in [0.2, 0.25) is 10.0 Å². The van der Waals surface area contributed by atoms with Crippen LogP contribution in [0.5, 0.6) is 5.88 Å². The number of pyridine rings is 2. The first-order chi connectivity index (χ1) is 25.8. The van der Waals surface area contributed by atoms with Crippen molar-refractivity contribution in [2.75, 3.05) is 13.7 Å². The maximum absolute atomic E-state index is 13.5. The molecule has 0 bridgehead atoms. The van der Waals surface area contributed by atoms with Crippen LogP contribution in [0.1, 0.15) is 49.4 Å². The van der Waals surface area contributed by atoms with E-state index in [1.807, 2.05) is 62.4 Å². The Balaban J connectivity index is 1.15. The third-order valence-electron chi connectivity index (χ3n) is 10.2. The van der Waals surface area contributed by atoms with E-state index in [4.69, 9.17) is 32.9 Å². The topological polar surface area (TPSA) is 158 Å². The number of aryl methyl sites for hydroxylation is 1. The zero-order chi connectivity index (χ0) is 38.3. The van der Waals surface area contributed by atoms with E-state index in [1.165, 1.54) is 12.0 Å². The summed E-state index contributed by atoms with van der Waals surface area (Å²) in [6.07, 6.45) is 2.73. The Kier molecular flexibility index (Phi) is 10.4. The number of benzene rings is 2. The number of hydrogen-bond acceptors (Lipinski definition) is 8. The van der Waals surface area contributed by atoms with Crippen LogP contribution in [0.4, 0.5) is 4.79 Å². The molecule has 1 aliphatic heterocycles. The summed E-state index contributed by atoms with van der Waals surface area (Å²) in [5.41, 5.74) is 5.55. The van der Waals surface area contributed by atoms with Crippen LogP contribution in [0, 0.1) is 6.92 Å². The highest BCUT2D eigenvalue weighted by Crippen LogP contribution is 2.42. The standard InChI is InChI=1S/C40H40Cl2N6O6/c1-22-14-24(15-33-44-19-25(38(50)48(22)33)18-43-27-16-40(2,53)17-27)28-6-4-7-29(35(28)41)30-8-5-9-31(36(30)42)32-12-10-23(37(46-32)54-3)20-47(39(51)52)21-26-11-13-34(49)45-26/h4-10,12,14-15,19,26-27,43,53H,11,13,16-18,20-21H2,1-3H3,(H,45,49)(H,51,52). The van der Waals surface area contributed by atoms with E-state index in [-0.39, 0.29) is 42.5 Å². The number of methoxy groups -OCH3 is 1. The van der Waals surface area contributed by atoms with E-state index in [0.717, 1.165) is 11.1 Å². The number of nitrogens with one attached hydrogen (secondary N) is 2. The number of fused-ring (bicyclic) bond motifs is 1. The third-order valence-corrected chi connectivity index (χ3v) is 11.0. The highest BCUT2D eigenvalue weighted by Gasteiger charge is 2.38. The first-order valence-electron chi connectivity index (χ1n) is 17.7. The van der Waals surface area contributed by atoms with Gasteiger partial charge in [0, 0.05) is 71.3 Å². The molecular formula is C40H40Cl2N6O6. The summed E-state index contributed by atoms with van der Waals surface area (Å²) in [5.74, 6) is 0.172. The summed E-state index contributed by atoms with van der Waals surface area (Å²) in [7, 11) is 1.47. The van der Waals surface area contributed by atoms with Crippen molar-refractivity contribution in [2.45, 2.75) is 70.3 Å². The van der Waals surface area contributed by atoms with Crippen LogP contribution in [-0.2, 0) is 17.9 Å². The van der Waals surface area contributed by atoms with Crippen LogP contribution < -0.4 is 20.9 Å². The van der Waals surface area contributed by atoms with Gasteiger partial charge in [-0.15, -0.1) is 0 Å². The largest absolute Gasteiger partial charge is 0.481 e. The molecule has 5 aromatic rings. The van der Waals surface area contributed by atoms with Gasteiger partial charge in [0.25, 0.3) is 5.56 Å².